The third-order valence-corrected chi connectivity index (χ3v) is 7.02. The van der Waals surface area contributed by atoms with Crippen molar-refractivity contribution in [1.29, 1.82) is 0 Å². The predicted molar refractivity (Wildman–Crippen MR) is 113 cm³/mol. The molecule has 1 saturated heterocycles. The van der Waals surface area contributed by atoms with Gasteiger partial charge >= 0.3 is 0 Å². The number of hydrogen-bond acceptors (Lipinski definition) is 5. The molecule has 29 heavy (non-hydrogen) atoms. The molecule has 0 saturated carbocycles. The van der Waals surface area contributed by atoms with E-state index in [1.54, 1.807) is 35.7 Å². The van der Waals surface area contributed by atoms with E-state index in [2.05, 4.69) is 15.3 Å². The number of aromatic amines is 1. The zero-order valence-corrected chi connectivity index (χ0v) is 17.0. The second kappa shape index (κ2) is 8.36. The van der Waals surface area contributed by atoms with Gasteiger partial charge in [0.25, 0.3) is 0 Å². The van der Waals surface area contributed by atoms with Crippen molar-refractivity contribution in [2.24, 2.45) is 0 Å². The van der Waals surface area contributed by atoms with Crippen LogP contribution in [0.15, 0.2) is 65.7 Å². The maximum atomic E-state index is 13.0. The molecule has 1 aliphatic rings. The van der Waals surface area contributed by atoms with Gasteiger partial charge in [-0.15, -0.1) is 0 Å². The zero-order valence-electron chi connectivity index (χ0n) is 16.2. The van der Waals surface area contributed by atoms with Crippen molar-refractivity contribution in [3.8, 4) is 11.3 Å². The molecule has 0 amide bonds. The summed E-state index contributed by atoms with van der Waals surface area (Å²) < 4.78 is 32.7. The van der Waals surface area contributed by atoms with E-state index in [0.29, 0.717) is 19.1 Å². The van der Waals surface area contributed by atoms with E-state index >= 15 is 0 Å². The Hall–Kier alpha value is -2.68. The van der Waals surface area contributed by atoms with Crippen molar-refractivity contribution >= 4 is 21.7 Å². The summed E-state index contributed by atoms with van der Waals surface area (Å²) in [5.74, 6) is 0.596. The Balaban J connectivity index is 1.48. The van der Waals surface area contributed by atoms with Gasteiger partial charge in [-0.2, -0.15) is 4.31 Å². The van der Waals surface area contributed by atoms with Crippen LogP contribution < -0.4 is 5.32 Å². The summed E-state index contributed by atoms with van der Waals surface area (Å²) in [6.45, 7) is 0.951. The van der Waals surface area contributed by atoms with Crippen molar-refractivity contribution < 1.29 is 13.2 Å². The third kappa shape index (κ3) is 4.19. The normalized spacial score (nSPS) is 17.5. The van der Waals surface area contributed by atoms with Gasteiger partial charge in [-0.3, -0.25) is 0 Å². The molecule has 0 radical (unpaired) electrons. The maximum Gasteiger partial charge on any atom is 0.243 e. The molecule has 2 heterocycles. The second-order valence-corrected chi connectivity index (χ2v) is 8.91. The van der Waals surface area contributed by atoms with Gasteiger partial charge in [0.05, 0.1) is 17.2 Å². The summed E-state index contributed by atoms with van der Waals surface area (Å²) in [7, 11) is -1.93. The standard InChI is InChI=1S/C21H24N4O3S/c1-28-15-18-8-5-13-25(18)29(26,27)19-11-9-17(10-12-19)23-21-22-14-20(24-21)16-6-3-2-4-7-16/h2-4,6-7,9-12,14,18H,5,8,13,15H2,1H3,(H2,22,23,24). The molecule has 1 aromatic heterocycles. The molecule has 1 fully saturated rings. The Bertz CT molecular complexity index is 1050. The van der Waals surface area contributed by atoms with Gasteiger partial charge in [0, 0.05) is 37.1 Å². The number of nitrogens with one attached hydrogen (secondary N) is 2. The first-order chi connectivity index (χ1) is 14.1. The van der Waals surface area contributed by atoms with E-state index in [4.69, 9.17) is 4.74 Å². The van der Waals surface area contributed by atoms with Crippen LogP contribution in [0.25, 0.3) is 11.3 Å². The van der Waals surface area contributed by atoms with Crippen LogP contribution in [0.3, 0.4) is 0 Å². The van der Waals surface area contributed by atoms with Crippen molar-refractivity contribution in [2.45, 2.75) is 23.8 Å². The number of nitrogens with zero attached hydrogens (tertiary/aromatic N) is 2. The molecule has 8 heteroatoms. The number of imidazole rings is 1. The van der Waals surface area contributed by atoms with Crippen molar-refractivity contribution in [3.05, 3.63) is 60.8 Å². The Morgan fingerprint density at radius 1 is 1.17 bits per heavy atom. The Morgan fingerprint density at radius 3 is 2.66 bits per heavy atom. The lowest BCUT2D eigenvalue weighted by Crippen LogP contribution is -2.38. The Morgan fingerprint density at radius 2 is 1.93 bits per heavy atom. The zero-order chi connectivity index (χ0) is 20.3. The number of benzene rings is 2. The SMILES string of the molecule is COCC1CCCN1S(=O)(=O)c1ccc(Nc2nc(-c3ccccc3)c[nH]2)cc1. The smallest absolute Gasteiger partial charge is 0.243 e. The number of rotatable bonds is 7. The average molecular weight is 413 g/mol. The number of anilines is 2. The van der Waals surface area contributed by atoms with Crippen molar-refractivity contribution in [2.75, 3.05) is 25.6 Å². The summed E-state index contributed by atoms with van der Waals surface area (Å²) in [5, 5.41) is 3.18. The summed E-state index contributed by atoms with van der Waals surface area (Å²) >= 11 is 0. The lowest BCUT2D eigenvalue weighted by atomic mass is 10.2. The number of methoxy groups -OCH3 is 1. The molecule has 0 aliphatic carbocycles. The lowest BCUT2D eigenvalue weighted by molar-refractivity contribution is 0.149. The fourth-order valence-electron chi connectivity index (χ4n) is 3.61. The molecular formula is C21H24N4O3S. The minimum Gasteiger partial charge on any atom is -0.383 e. The highest BCUT2D eigenvalue weighted by molar-refractivity contribution is 7.89. The Kier molecular flexibility index (Phi) is 5.66. The number of hydrogen-bond donors (Lipinski definition) is 2. The molecule has 0 spiro atoms. The summed E-state index contributed by atoms with van der Waals surface area (Å²) in [6, 6.07) is 16.5. The molecule has 152 valence electrons. The number of aromatic nitrogens is 2. The van der Waals surface area contributed by atoms with Gasteiger partial charge < -0.3 is 15.0 Å². The minimum absolute atomic E-state index is 0.0951. The molecule has 1 atom stereocenters. The quantitative estimate of drug-likeness (QED) is 0.619. The van der Waals surface area contributed by atoms with Gasteiger partial charge in [0.2, 0.25) is 16.0 Å². The number of ether oxygens (including phenoxy) is 1. The molecule has 3 aromatic rings. The van der Waals surface area contributed by atoms with Gasteiger partial charge in [0.1, 0.15) is 0 Å². The number of sulfonamides is 1. The molecule has 1 unspecified atom stereocenters. The molecule has 2 N–H and O–H groups in total. The predicted octanol–water partition coefficient (Wildman–Crippen LogP) is 3.62. The van der Waals surface area contributed by atoms with Crippen LogP contribution >= 0.6 is 0 Å². The molecule has 2 aromatic carbocycles. The van der Waals surface area contributed by atoms with Crippen molar-refractivity contribution in [1.82, 2.24) is 14.3 Å². The first kappa shape index (κ1) is 19.6. The van der Waals surface area contributed by atoms with Gasteiger partial charge in [0.15, 0.2) is 0 Å². The van der Waals surface area contributed by atoms with Crippen LogP contribution in [0.5, 0.6) is 0 Å². The topological polar surface area (TPSA) is 87.3 Å². The van der Waals surface area contributed by atoms with E-state index in [9.17, 15) is 8.42 Å². The molecular weight excluding hydrogens is 388 g/mol. The average Bonchev–Trinajstić information content (AvgIpc) is 3.39. The van der Waals surface area contributed by atoms with E-state index in [1.807, 2.05) is 36.5 Å². The number of H-pyrrole nitrogens is 1. The van der Waals surface area contributed by atoms with Crippen LogP contribution in [-0.2, 0) is 14.8 Å². The minimum atomic E-state index is -3.53. The second-order valence-electron chi connectivity index (χ2n) is 7.02. The van der Waals surface area contributed by atoms with E-state index in [-0.39, 0.29) is 10.9 Å². The highest BCUT2D eigenvalue weighted by Gasteiger charge is 2.35. The van der Waals surface area contributed by atoms with Crippen molar-refractivity contribution in [3.63, 3.8) is 0 Å². The summed E-state index contributed by atoms with van der Waals surface area (Å²) in [4.78, 5) is 7.92. The molecule has 4 rings (SSSR count). The van der Waals surface area contributed by atoms with Gasteiger partial charge in [-0.25, -0.2) is 13.4 Å². The van der Waals surface area contributed by atoms with Crippen LogP contribution in [0, 0.1) is 0 Å². The van der Waals surface area contributed by atoms with Crippen LogP contribution in [0.1, 0.15) is 12.8 Å². The largest absolute Gasteiger partial charge is 0.383 e. The van der Waals surface area contributed by atoms with E-state index < -0.39 is 10.0 Å². The van der Waals surface area contributed by atoms with Crippen LogP contribution in [0.2, 0.25) is 0 Å². The fourth-order valence-corrected chi connectivity index (χ4v) is 5.29. The Labute approximate surface area is 170 Å². The fraction of sp³-hybridized carbons (Fsp3) is 0.286. The molecule has 0 bridgehead atoms. The highest BCUT2D eigenvalue weighted by Crippen LogP contribution is 2.27. The van der Waals surface area contributed by atoms with E-state index in [0.717, 1.165) is 29.8 Å². The first-order valence-electron chi connectivity index (χ1n) is 9.56. The monoisotopic (exact) mass is 412 g/mol. The molecule has 1 aliphatic heterocycles. The third-order valence-electron chi connectivity index (χ3n) is 5.05. The summed E-state index contributed by atoms with van der Waals surface area (Å²) in [6.07, 6.45) is 3.52. The lowest BCUT2D eigenvalue weighted by Gasteiger charge is -2.23. The summed E-state index contributed by atoms with van der Waals surface area (Å²) in [5.41, 5.74) is 2.62. The first-order valence-corrected chi connectivity index (χ1v) is 11.0. The van der Waals surface area contributed by atoms with Crippen LogP contribution in [-0.4, -0.2) is 49.0 Å². The molecule has 7 nitrogen and oxygen atoms in total. The van der Waals surface area contributed by atoms with Gasteiger partial charge in [-0.1, -0.05) is 30.3 Å². The van der Waals surface area contributed by atoms with Gasteiger partial charge in [-0.05, 0) is 37.1 Å². The van der Waals surface area contributed by atoms with E-state index in [1.165, 1.54) is 0 Å². The maximum absolute atomic E-state index is 13.0. The highest BCUT2D eigenvalue weighted by atomic mass is 32.2. The van der Waals surface area contributed by atoms with Crippen LogP contribution in [0.4, 0.5) is 11.6 Å².